The lowest BCUT2D eigenvalue weighted by atomic mass is 10.0. The molecule has 2 saturated carbocycles. The lowest BCUT2D eigenvalue weighted by molar-refractivity contribution is -0.141. The molecule has 15 nitrogen and oxygen atoms in total. The standard InChI is InChI=1S/C38H40N8O7S2/c47-33(29-21-39-16-17-40-29)42-28-12-5-3-1-2-4-9-23-20-38(23,37(50)45-55(51,52)25-14-15-25)44-34(48)30-19-24(22-46(30)36(28)49)53-35-32(31-13-8-18-54-31)41-26-10-6-7-11-27(26)43-35/h4,6-11,13,16-18,21,23-25,28,30H,1-3,5,12,14-15,19-20,22H2,(H,42,47)(H,44,48)(H,45,50)/b9-4-/t23-,24-,28+,30+,38-/m1/s1. The van der Waals surface area contributed by atoms with E-state index in [9.17, 15) is 27.6 Å². The Bertz CT molecular complexity index is 2250. The van der Waals surface area contributed by atoms with E-state index in [1.54, 1.807) is 0 Å². The number of para-hydroxylation sites is 2. The molecule has 5 heterocycles. The molecule has 3 N–H and O–H groups in total. The maximum Gasteiger partial charge on any atom is 0.272 e. The first-order valence-corrected chi connectivity index (χ1v) is 20.9. The Kier molecular flexibility index (Phi) is 10.1. The SMILES string of the molecule is O=C(N[C@H]1CCCCC/C=C\[C@@H]2C[C@@]2(C(=O)NS(=O)(=O)C2CC2)NC(=O)[C@@H]2C[C@@H](Oc3nc4ccccc4nc3-c3cccs3)CN2C1=O)c1cnccn1. The van der Waals surface area contributed by atoms with Crippen molar-refractivity contribution >= 4 is 56.0 Å². The van der Waals surface area contributed by atoms with E-state index in [2.05, 4.69) is 25.3 Å². The number of carbonyl (C=O) groups excluding carboxylic acids is 4. The zero-order valence-corrected chi connectivity index (χ0v) is 31.4. The number of carbonyl (C=O) groups is 4. The maximum absolute atomic E-state index is 14.6. The monoisotopic (exact) mass is 784 g/mol. The fourth-order valence-electron chi connectivity index (χ4n) is 7.29. The van der Waals surface area contributed by atoms with Gasteiger partial charge in [0.2, 0.25) is 27.7 Å². The Morgan fingerprint density at radius 2 is 1.82 bits per heavy atom. The highest BCUT2D eigenvalue weighted by atomic mass is 32.2. The lowest BCUT2D eigenvalue weighted by Crippen LogP contribution is -2.58. The smallest absolute Gasteiger partial charge is 0.272 e. The Hall–Kier alpha value is -5.29. The topological polar surface area (TPSA) is 203 Å². The third kappa shape index (κ3) is 7.80. The first-order chi connectivity index (χ1) is 26.6. The first kappa shape index (κ1) is 36.7. The van der Waals surface area contributed by atoms with Crippen LogP contribution in [0, 0.1) is 5.92 Å². The van der Waals surface area contributed by atoms with Gasteiger partial charge in [0, 0.05) is 24.7 Å². The number of hydrogen-bond acceptors (Lipinski definition) is 12. The van der Waals surface area contributed by atoms with Gasteiger partial charge in [-0.05, 0) is 62.1 Å². The zero-order chi connectivity index (χ0) is 38.2. The molecule has 0 unspecified atom stereocenters. The van der Waals surface area contributed by atoms with Gasteiger partial charge in [0.25, 0.3) is 11.8 Å². The minimum Gasteiger partial charge on any atom is -0.471 e. The summed E-state index contributed by atoms with van der Waals surface area (Å²) in [5, 5.41) is 7.00. The van der Waals surface area contributed by atoms with Gasteiger partial charge in [-0.15, -0.1) is 11.3 Å². The van der Waals surface area contributed by atoms with Crippen LogP contribution in [0.4, 0.5) is 0 Å². The summed E-state index contributed by atoms with van der Waals surface area (Å²) in [5.74, 6) is -2.71. The van der Waals surface area contributed by atoms with Crippen molar-refractivity contribution in [2.75, 3.05) is 6.54 Å². The summed E-state index contributed by atoms with van der Waals surface area (Å²) in [4.78, 5) is 76.1. The molecule has 3 fully saturated rings. The first-order valence-electron chi connectivity index (χ1n) is 18.5. The van der Waals surface area contributed by atoms with Crippen molar-refractivity contribution in [2.45, 2.75) is 86.8 Å². The van der Waals surface area contributed by atoms with Gasteiger partial charge < -0.3 is 20.3 Å². The second kappa shape index (κ2) is 15.1. The van der Waals surface area contributed by atoms with Crippen LogP contribution in [-0.4, -0.2) is 92.4 Å². The fourth-order valence-corrected chi connectivity index (χ4v) is 9.36. The number of nitrogens with one attached hydrogen (secondary N) is 3. The summed E-state index contributed by atoms with van der Waals surface area (Å²) in [6.07, 6.45) is 11.5. The van der Waals surface area contributed by atoms with Crippen LogP contribution < -0.4 is 20.1 Å². The largest absolute Gasteiger partial charge is 0.471 e. The number of benzene rings is 1. The Morgan fingerprint density at radius 1 is 1.00 bits per heavy atom. The van der Waals surface area contributed by atoms with E-state index in [0.717, 1.165) is 17.7 Å². The van der Waals surface area contributed by atoms with Gasteiger partial charge in [-0.2, -0.15) is 0 Å². The van der Waals surface area contributed by atoms with Crippen LogP contribution in [0.25, 0.3) is 21.6 Å². The van der Waals surface area contributed by atoms with Crippen molar-refractivity contribution < 1.29 is 32.3 Å². The molecule has 0 spiro atoms. The molecule has 17 heteroatoms. The van der Waals surface area contributed by atoms with E-state index in [1.165, 1.54) is 34.8 Å². The number of fused-ring (bicyclic) bond motifs is 3. The number of aromatic nitrogens is 4. The number of ether oxygens (including phenoxy) is 1. The van der Waals surface area contributed by atoms with Crippen LogP contribution in [-0.2, 0) is 24.4 Å². The average Bonchev–Trinajstić information content (AvgIpc) is 4.05. The fraction of sp³-hybridized carbons (Fsp3) is 0.421. The molecule has 3 aromatic heterocycles. The van der Waals surface area contributed by atoms with Gasteiger partial charge in [-0.25, -0.2) is 23.4 Å². The van der Waals surface area contributed by atoms with Crippen molar-refractivity contribution in [3.05, 3.63) is 78.2 Å². The molecule has 0 bridgehead atoms. The Morgan fingerprint density at radius 3 is 2.56 bits per heavy atom. The van der Waals surface area contributed by atoms with Crippen LogP contribution in [0.1, 0.15) is 68.3 Å². The molecule has 4 amide bonds. The minimum atomic E-state index is -3.90. The highest BCUT2D eigenvalue weighted by Gasteiger charge is 2.62. The normalized spacial score (nSPS) is 26.4. The number of thiophene rings is 1. The predicted octanol–water partition coefficient (Wildman–Crippen LogP) is 3.30. The van der Waals surface area contributed by atoms with E-state index in [4.69, 9.17) is 14.7 Å². The molecule has 5 atom stereocenters. The summed E-state index contributed by atoms with van der Waals surface area (Å²) >= 11 is 1.47. The van der Waals surface area contributed by atoms with Gasteiger partial charge in [-0.1, -0.05) is 43.2 Å². The second-order valence-corrected chi connectivity index (χ2v) is 17.4. The third-order valence-corrected chi connectivity index (χ3v) is 13.2. The van der Waals surface area contributed by atoms with Crippen LogP contribution in [0.15, 0.2) is 72.5 Å². The molecule has 2 aliphatic heterocycles. The van der Waals surface area contributed by atoms with Crippen LogP contribution in [0.5, 0.6) is 5.88 Å². The Balaban J connectivity index is 1.12. The van der Waals surface area contributed by atoms with Crippen molar-refractivity contribution in [1.29, 1.82) is 0 Å². The molecule has 8 rings (SSSR count). The molecule has 4 aliphatic rings. The molecule has 1 aromatic carbocycles. The highest BCUT2D eigenvalue weighted by molar-refractivity contribution is 7.91. The quantitative estimate of drug-likeness (QED) is 0.221. The van der Waals surface area contributed by atoms with Gasteiger partial charge in [-0.3, -0.25) is 28.9 Å². The van der Waals surface area contributed by atoms with E-state index >= 15 is 0 Å². The molecular formula is C38H40N8O7S2. The molecule has 2 aliphatic carbocycles. The van der Waals surface area contributed by atoms with Crippen molar-refractivity contribution in [3.63, 3.8) is 0 Å². The van der Waals surface area contributed by atoms with Gasteiger partial charge in [0.1, 0.15) is 35.1 Å². The number of rotatable bonds is 8. The van der Waals surface area contributed by atoms with Crippen LogP contribution in [0.3, 0.4) is 0 Å². The molecule has 0 radical (unpaired) electrons. The summed E-state index contributed by atoms with van der Waals surface area (Å²) < 4.78 is 34.5. The lowest BCUT2D eigenvalue weighted by Gasteiger charge is -2.29. The molecule has 55 heavy (non-hydrogen) atoms. The van der Waals surface area contributed by atoms with Crippen LogP contribution in [0.2, 0.25) is 0 Å². The molecular weight excluding hydrogens is 745 g/mol. The third-order valence-electron chi connectivity index (χ3n) is 10.5. The molecule has 1 saturated heterocycles. The zero-order valence-electron chi connectivity index (χ0n) is 29.8. The van der Waals surface area contributed by atoms with E-state index < -0.39 is 68.5 Å². The van der Waals surface area contributed by atoms with Crippen molar-refractivity contribution in [2.24, 2.45) is 5.92 Å². The van der Waals surface area contributed by atoms with E-state index in [0.29, 0.717) is 48.8 Å². The number of hydrogen-bond donors (Lipinski definition) is 3. The number of allylic oxidation sites excluding steroid dienone is 1. The van der Waals surface area contributed by atoms with Crippen molar-refractivity contribution in [1.82, 2.24) is 40.2 Å². The minimum absolute atomic E-state index is 0.0271. The number of nitrogens with zero attached hydrogens (tertiary/aromatic N) is 5. The summed E-state index contributed by atoms with van der Waals surface area (Å²) in [7, 11) is -3.90. The van der Waals surface area contributed by atoms with Crippen molar-refractivity contribution in [3.8, 4) is 16.5 Å². The highest BCUT2D eigenvalue weighted by Crippen LogP contribution is 2.46. The van der Waals surface area contributed by atoms with Gasteiger partial charge >= 0.3 is 0 Å². The summed E-state index contributed by atoms with van der Waals surface area (Å²) in [6.45, 7) is -0.0363. The molecule has 286 valence electrons. The molecule has 4 aromatic rings. The maximum atomic E-state index is 14.6. The number of sulfonamides is 1. The number of amides is 4. The van der Waals surface area contributed by atoms with E-state index in [-0.39, 0.29) is 31.0 Å². The summed E-state index contributed by atoms with van der Waals surface area (Å²) in [5.41, 5.74) is 0.322. The second-order valence-electron chi connectivity index (χ2n) is 14.5. The average molecular weight is 785 g/mol. The van der Waals surface area contributed by atoms with E-state index in [1.807, 2.05) is 53.9 Å². The summed E-state index contributed by atoms with van der Waals surface area (Å²) in [6, 6.07) is 9.05. The van der Waals surface area contributed by atoms with Crippen LogP contribution >= 0.6 is 11.3 Å². The Labute approximate surface area is 321 Å². The van der Waals surface area contributed by atoms with Gasteiger partial charge in [0.15, 0.2) is 0 Å². The predicted molar refractivity (Wildman–Crippen MR) is 202 cm³/mol. The van der Waals surface area contributed by atoms with Gasteiger partial charge in [0.05, 0.1) is 33.9 Å².